The van der Waals surface area contributed by atoms with Gasteiger partial charge in [0, 0.05) is 23.3 Å². The van der Waals surface area contributed by atoms with E-state index in [1.165, 1.54) is 0 Å². The molecule has 25 heavy (non-hydrogen) atoms. The molecule has 0 bridgehead atoms. The first-order valence-corrected chi connectivity index (χ1v) is 8.47. The van der Waals surface area contributed by atoms with Crippen LogP contribution in [0.3, 0.4) is 0 Å². The number of tetrazole rings is 1. The van der Waals surface area contributed by atoms with Gasteiger partial charge in [0.15, 0.2) is 5.82 Å². The van der Waals surface area contributed by atoms with Crippen molar-refractivity contribution in [1.82, 2.24) is 25.9 Å². The summed E-state index contributed by atoms with van der Waals surface area (Å²) in [5.41, 5.74) is 7.52. The van der Waals surface area contributed by atoms with Crippen LogP contribution in [0.25, 0.3) is 5.57 Å². The van der Waals surface area contributed by atoms with E-state index in [-0.39, 0.29) is 0 Å². The fourth-order valence-electron chi connectivity index (χ4n) is 2.75. The minimum atomic E-state index is -0.651. The zero-order valence-electron chi connectivity index (χ0n) is 13.5. The van der Waals surface area contributed by atoms with Gasteiger partial charge in [0.05, 0.1) is 10.9 Å². The van der Waals surface area contributed by atoms with Crippen LogP contribution in [0.1, 0.15) is 24.7 Å². The van der Waals surface area contributed by atoms with E-state index in [1.54, 1.807) is 6.08 Å². The van der Waals surface area contributed by atoms with Crippen molar-refractivity contribution in [3.8, 4) is 5.75 Å². The standard InChI is InChI=1S/C16H17BrN6O2/c1-2-25-13-6-4-3-5-11(13)16(17)8-7-12(19-15(18)24)10(9-16)14-20-22-23-21-14/h3-8H,2,9H2,1H3,(H3,18,19,24)(H,20,21,22,23). The molecule has 1 aromatic heterocycles. The van der Waals surface area contributed by atoms with Crippen LogP contribution in [0.2, 0.25) is 0 Å². The molecule has 3 rings (SSSR count). The number of halogens is 1. The number of hydrogen-bond donors (Lipinski definition) is 3. The molecule has 130 valence electrons. The van der Waals surface area contributed by atoms with E-state index in [9.17, 15) is 4.79 Å². The summed E-state index contributed by atoms with van der Waals surface area (Å²) in [6.45, 7) is 2.50. The van der Waals surface area contributed by atoms with Crippen LogP contribution in [0.15, 0.2) is 42.1 Å². The average molecular weight is 405 g/mol. The van der Waals surface area contributed by atoms with Gasteiger partial charge in [-0.1, -0.05) is 40.2 Å². The van der Waals surface area contributed by atoms with Crippen molar-refractivity contribution < 1.29 is 9.53 Å². The monoisotopic (exact) mass is 404 g/mol. The predicted molar refractivity (Wildman–Crippen MR) is 95.8 cm³/mol. The summed E-state index contributed by atoms with van der Waals surface area (Å²) in [7, 11) is 0. The number of rotatable bonds is 5. The van der Waals surface area contributed by atoms with E-state index in [1.807, 2.05) is 37.3 Å². The first kappa shape index (κ1) is 17.2. The lowest BCUT2D eigenvalue weighted by molar-refractivity contribution is 0.251. The van der Waals surface area contributed by atoms with Crippen molar-refractivity contribution >= 4 is 27.5 Å². The Kier molecular flexibility index (Phi) is 4.84. The molecule has 2 aromatic rings. The SMILES string of the molecule is CCOc1ccccc1C1(Br)C=CC(NC(N)=O)=C(c2nnn[nH]2)C1. The van der Waals surface area contributed by atoms with Gasteiger partial charge in [0.1, 0.15) is 5.75 Å². The lowest BCUT2D eigenvalue weighted by Crippen LogP contribution is -2.31. The maximum atomic E-state index is 11.3. The van der Waals surface area contributed by atoms with Crippen molar-refractivity contribution in [3.05, 3.63) is 53.5 Å². The normalized spacial score (nSPS) is 19.8. The third-order valence-corrected chi connectivity index (χ3v) is 4.77. The molecule has 0 spiro atoms. The number of amides is 2. The summed E-state index contributed by atoms with van der Waals surface area (Å²) in [5, 5.41) is 16.5. The number of carbonyl (C=O) groups excluding carboxylic acids is 1. The van der Waals surface area contributed by atoms with Crippen LogP contribution < -0.4 is 15.8 Å². The minimum absolute atomic E-state index is 0.464. The predicted octanol–water partition coefficient (Wildman–Crippen LogP) is 2.23. The number of aromatic amines is 1. The summed E-state index contributed by atoms with van der Waals surface area (Å²) in [5.74, 6) is 1.25. The van der Waals surface area contributed by atoms with Crippen molar-refractivity contribution in [1.29, 1.82) is 0 Å². The number of para-hydroxylation sites is 1. The van der Waals surface area contributed by atoms with E-state index in [2.05, 4.69) is 41.9 Å². The lowest BCUT2D eigenvalue weighted by atomic mass is 9.86. The molecule has 1 atom stereocenters. The average Bonchev–Trinajstić information content (AvgIpc) is 3.11. The molecule has 1 aliphatic carbocycles. The number of nitrogens with one attached hydrogen (secondary N) is 2. The van der Waals surface area contributed by atoms with E-state index >= 15 is 0 Å². The van der Waals surface area contributed by atoms with Crippen molar-refractivity contribution in [2.45, 2.75) is 17.7 Å². The third-order valence-electron chi connectivity index (χ3n) is 3.80. The Labute approximate surface area is 152 Å². The number of hydrogen-bond acceptors (Lipinski definition) is 5. The Hall–Kier alpha value is -2.68. The molecule has 1 unspecified atom stereocenters. The zero-order valence-corrected chi connectivity index (χ0v) is 15.1. The second-order valence-corrected chi connectivity index (χ2v) is 6.85. The topological polar surface area (TPSA) is 119 Å². The Morgan fingerprint density at radius 3 is 2.96 bits per heavy atom. The molecule has 0 saturated heterocycles. The molecule has 0 radical (unpaired) electrons. The van der Waals surface area contributed by atoms with E-state index in [0.29, 0.717) is 24.5 Å². The van der Waals surface area contributed by atoms with Crippen LogP contribution >= 0.6 is 15.9 Å². The fraction of sp³-hybridized carbons (Fsp3) is 0.250. The van der Waals surface area contributed by atoms with Crippen LogP contribution in [0.4, 0.5) is 4.79 Å². The maximum Gasteiger partial charge on any atom is 0.316 e. The molecule has 4 N–H and O–H groups in total. The molecule has 0 saturated carbocycles. The number of aromatic nitrogens is 4. The van der Waals surface area contributed by atoms with Gasteiger partial charge >= 0.3 is 6.03 Å². The van der Waals surface area contributed by atoms with Crippen LogP contribution in [0.5, 0.6) is 5.75 Å². The second kappa shape index (κ2) is 7.06. The summed E-state index contributed by atoms with van der Waals surface area (Å²) in [4.78, 5) is 11.3. The molecule has 2 amide bonds. The van der Waals surface area contributed by atoms with Gasteiger partial charge < -0.3 is 15.8 Å². The van der Waals surface area contributed by atoms with E-state index in [4.69, 9.17) is 10.5 Å². The summed E-state index contributed by atoms with van der Waals surface area (Å²) < 4.78 is 5.22. The molecule has 0 fully saturated rings. The Balaban J connectivity index is 2.03. The van der Waals surface area contributed by atoms with E-state index in [0.717, 1.165) is 16.9 Å². The van der Waals surface area contributed by atoms with Crippen molar-refractivity contribution in [2.24, 2.45) is 5.73 Å². The third kappa shape index (κ3) is 3.55. The first-order chi connectivity index (χ1) is 12.0. The quantitative estimate of drug-likeness (QED) is 0.660. The summed E-state index contributed by atoms with van der Waals surface area (Å²) in [6.07, 6.45) is 4.22. The number of H-pyrrole nitrogens is 1. The Bertz CT molecular complexity index is 833. The van der Waals surface area contributed by atoms with Gasteiger partial charge in [-0.05, 0) is 29.5 Å². The number of carbonyl (C=O) groups is 1. The Morgan fingerprint density at radius 2 is 2.28 bits per heavy atom. The number of primary amides is 1. The van der Waals surface area contributed by atoms with Gasteiger partial charge in [0.2, 0.25) is 0 Å². The molecule has 0 aliphatic heterocycles. The molecular formula is C16H17BrN6O2. The highest BCUT2D eigenvalue weighted by Crippen LogP contribution is 2.47. The highest BCUT2D eigenvalue weighted by molar-refractivity contribution is 9.09. The first-order valence-electron chi connectivity index (χ1n) is 7.67. The van der Waals surface area contributed by atoms with Gasteiger partial charge in [-0.25, -0.2) is 9.89 Å². The maximum absolute atomic E-state index is 11.3. The number of nitrogens with two attached hydrogens (primary N) is 1. The van der Waals surface area contributed by atoms with Crippen molar-refractivity contribution in [2.75, 3.05) is 6.61 Å². The number of nitrogens with zero attached hydrogens (tertiary/aromatic N) is 3. The zero-order chi connectivity index (χ0) is 17.9. The number of benzene rings is 1. The van der Waals surface area contributed by atoms with Gasteiger partial charge in [0.25, 0.3) is 0 Å². The smallest absolute Gasteiger partial charge is 0.316 e. The number of ether oxygens (including phenoxy) is 1. The number of alkyl halides is 1. The largest absolute Gasteiger partial charge is 0.494 e. The van der Waals surface area contributed by atoms with Gasteiger partial charge in [-0.3, -0.25) is 0 Å². The number of urea groups is 1. The van der Waals surface area contributed by atoms with E-state index < -0.39 is 10.4 Å². The molecular weight excluding hydrogens is 388 g/mol. The van der Waals surface area contributed by atoms with Gasteiger partial charge in [-0.15, -0.1) is 5.10 Å². The van der Waals surface area contributed by atoms with Crippen LogP contribution in [-0.2, 0) is 4.32 Å². The van der Waals surface area contributed by atoms with Gasteiger partial charge in [-0.2, -0.15) is 0 Å². The second-order valence-electron chi connectivity index (χ2n) is 5.43. The van der Waals surface area contributed by atoms with Crippen LogP contribution in [-0.4, -0.2) is 33.3 Å². The van der Waals surface area contributed by atoms with Crippen LogP contribution in [0, 0.1) is 0 Å². The molecule has 1 aliphatic rings. The fourth-order valence-corrected chi connectivity index (χ4v) is 3.49. The lowest BCUT2D eigenvalue weighted by Gasteiger charge is -2.31. The minimum Gasteiger partial charge on any atom is -0.494 e. The molecule has 9 heteroatoms. The Morgan fingerprint density at radius 1 is 1.48 bits per heavy atom. The summed E-state index contributed by atoms with van der Waals surface area (Å²) in [6, 6.07) is 7.14. The molecule has 1 aromatic carbocycles. The summed E-state index contributed by atoms with van der Waals surface area (Å²) >= 11 is 3.82. The van der Waals surface area contributed by atoms with Crippen molar-refractivity contribution in [3.63, 3.8) is 0 Å². The number of allylic oxidation sites excluding steroid dienone is 3. The molecule has 8 nitrogen and oxygen atoms in total. The highest BCUT2D eigenvalue weighted by Gasteiger charge is 2.35. The highest BCUT2D eigenvalue weighted by atomic mass is 79.9. The molecule has 1 heterocycles.